The van der Waals surface area contributed by atoms with Crippen LogP contribution < -0.4 is 14.8 Å². The molecule has 1 N–H and O–H groups in total. The fraction of sp³-hybridized carbons (Fsp3) is 0.250. The van der Waals surface area contributed by atoms with Crippen molar-refractivity contribution in [3.8, 4) is 11.5 Å². The van der Waals surface area contributed by atoms with E-state index in [9.17, 15) is 0 Å². The third-order valence-corrected chi connectivity index (χ3v) is 3.43. The van der Waals surface area contributed by atoms with Gasteiger partial charge in [-0.3, -0.25) is 0 Å². The number of benzene rings is 2. The minimum absolute atomic E-state index is 0.579. The van der Waals surface area contributed by atoms with Crippen molar-refractivity contribution in [3.63, 3.8) is 0 Å². The monoisotopic (exact) mass is 335 g/mol. The van der Waals surface area contributed by atoms with Gasteiger partial charge >= 0.3 is 0 Å². The number of aryl methyl sites for hydroxylation is 1. The molecule has 0 aliphatic carbocycles. The highest BCUT2D eigenvalue weighted by molar-refractivity contribution is 9.10. The first kappa shape index (κ1) is 14.7. The number of halogens is 1. The lowest BCUT2D eigenvalue weighted by atomic mass is 10.2. The number of ether oxygens (including phenoxy) is 2. The van der Waals surface area contributed by atoms with Crippen LogP contribution in [0.2, 0.25) is 0 Å². The van der Waals surface area contributed by atoms with Gasteiger partial charge in [-0.15, -0.1) is 0 Å². The number of methoxy groups -OCH3 is 1. The van der Waals surface area contributed by atoms with Crippen molar-refractivity contribution in [1.29, 1.82) is 0 Å². The molecule has 2 rings (SSSR count). The number of rotatable bonds is 6. The molecular weight excluding hydrogens is 318 g/mol. The van der Waals surface area contributed by atoms with Crippen LogP contribution in [0.25, 0.3) is 0 Å². The summed E-state index contributed by atoms with van der Waals surface area (Å²) in [4.78, 5) is 0. The lowest BCUT2D eigenvalue weighted by molar-refractivity contribution is 0.306. The van der Waals surface area contributed by atoms with Crippen LogP contribution in [0.15, 0.2) is 46.9 Å². The van der Waals surface area contributed by atoms with Crippen molar-refractivity contribution in [2.24, 2.45) is 0 Å². The second-order valence-corrected chi connectivity index (χ2v) is 5.30. The predicted octanol–water partition coefficient (Wildman–Crippen LogP) is 4.26. The Morgan fingerprint density at radius 2 is 1.85 bits per heavy atom. The van der Waals surface area contributed by atoms with Gasteiger partial charge in [0.2, 0.25) is 0 Å². The molecule has 0 saturated heterocycles. The molecule has 0 spiro atoms. The highest BCUT2D eigenvalue weighted by Crippen LogP contribution is 2.25. The number of nitrogens with one attached hydrogen (secondary N) is 1. The van der Waals surface area contributed by atoms with Gasteiger partial charge in [0.1, 0.15) is 6.61 Å². The fourth-order valence-corrected chi connectivity index (χ4v) is 2.39. The summed E-state index contributed by atoms with van der Waals surface area (Å²) < 4.78 is 12.0. The summed E-state index contributed by atoms with van der Waals surface area (Å²) in [7, 11) is 1.64. The molecule has 2 aromatic carbocycles. The van der Waals surface area contributed by atoms with Crippen molar-refractivity contribution in [2.45, 2.75) is 6.92 Å². The Morgan fingerprint density at radius 1 is 1.10 bits per heavy atom. The normalized spacial score (nSPS) is 10.2. The van der Waals surface area contributed by atoms with Gasteiger partial charge in [0.05, 0.1) is 7.11 Å². The molecule has 0 unspecified atom stereocenters. The van der Waals surface area contributed by atoms with Crippen LogP contribution in [0.5, 0.6) is 11.5 Å². The molecule has 0 radical (unpaired) electrons. The summed E-state index contributed by atoms with van der Waals surface area (Å²) in [6, 6.07) is 13.8. The van der Waals surface area contributed by atoms with E-state index in [1.807, 2.05) is 30.3 Å². The first-order valence-electron chi connectivity index (χ1n) is 6.46. The van der Waals surface area contributed by atoms with Crippen LogP contribution >= 0.6 is 15.9 Å². The smallest absolute Gasteiger partial charge is 0.161 e. The van der Waals surface area contributed by atoms with Crippen molar-refractivity contribution in [1.82, 2.24) is 0 Å². The van der Waals surface area contributed by atoms with E-state index in [0.717, 1.165) is 28.2 Å². The maximum absolute atomic E-state index is 5.72. The fourth-order valence-electron chi connectivity index (χ4n) is 1.91. The molecule has 2 aromatic rings. The average Bonchev–Trinajstić information content (AvgIpc) is 2.46. The van der Waals surface area contributed by atoms with E-state index < -0.39 is 0 Å². The Kier molecular flexibility index (Phi) is 5.30. The minimum Gasteiger partial charge on any atom is -0.493 e. The molecule has 20 heavy (non-hydrogen) atoms. The number of hydrogen-bond acceptors (Lipinski definition) is 3. The summed E-state index contributed by atoms with van der Waals surface area (Å²) in [5.41, 5.74) is 2.33. The van der Waals surface area contributed by atoms with E-state index in [1.165, 1.54) is 5.56 Å². The SMILES string of the molecule is COc1ccccc1OCCNc1ccc(Br)cc1C. The third-order valence-electron chi connectivity index (χ3n) is 2.93. The first-order chi connectivity index (χ1) is 9.70. The molecule has 0 atom stereocenters. The highest BCUT2D eigenvalue weighted by Gasteiger charge is 2.02. The van der Waals surface area contributed by atoms with Gasteiger partial charge in [0.15, 0.2) is 11.5 Å². The van der Waals surface area contributed by atoms with Crippen LogP contribution in [0.3, 0.4) is 0 Å². The molecule has 0 aliphatic heterocycles. The number of anilines is 1. The molecule has 0 bridgehead atoms. The molecule has 0 fully saturated rings. The van der Waals surface area contributed by atoms with Crippen LogP contribution in [0, 0.1) is 6.92 Å². The van der Waals surface area contributed by atoms with Gasteiger partial charge in [-0.1, -0.05) is 28.1 Å². The number of hydrogen-bond donors (Lipinski definition) is 1. The molecule has 106 valence electrons. The predicted molar refractivity (Wildman–Crippen MR) is 85.9 cm³/mol. The van der Waals surface area contributed by atoms with Crippen LogP contribution in [0.4, 0.5) is 5.69 Å². The second-order valence-electron chi connectivity index (χ2n) is 4.39. The lowest BCUT2D eigenvalue weighted by Gasteiger charge is -2.12. The zero-order valence-electron chi connectivity index (χ0n) is 11.7. The van der Waals surface area contributed by atoms with Crippen molar-refractivity contribution in [2.75, 3.05) is 25.6 Å². The zero-order valence-corrected chi connectivity index (χ0v) is 13.2. The van der Waals surface area contributed by atoms with Gasteiger partial charge in [0, 0.05) is 16.7 Å². The Hall–Kier alpha value is -1.68. The van der Waals surface area contributed by atoms with E-state index in [0.29, 0.717) is 6.61 Å². The average molecular weight is 336 g/mol. The van der Waals surface area contributed by atoms with Gasteiger partial charge < -0.3 is 14.8 Å². The van der Waals surface area contributed by atoms with E-state index in [4.69, 9.17) is 9.47 Å². The van der Waals surface area contributed by atoms with Crippen LogP contribution in [0.1, 0.15) is 5.56 Å². The summed E-state index contributed by atoms with van der Waals surface area (Å²) >= 11 is 3.46. The van der Waals surface area contributed by atoms with Crippen LogP contribution in [-0.4, -0.2) is 20.3 Å². The summed E-state index contributed by atoms with van der Waals surface area (Å²) in [5.74, 6) is 1.52. The zero-order chi connectivity index (χ0) is 14.4. The minimum atomic E-state index is 0.579. The van der Waals surface area contributed by atoms with E-state index in [-0.39, 0.29) is 0 Å². The maximum Gasteiger partial charge on any atom is 0.161 e. The van der Waals surface area contributed by atoms with Gasteiger partial charge in [0.25, 0.3) is 0 Å². The highest BCUT2D eigenvalue weighted by atomic mass is 79.9. The number of para-hydroxylation sites is 2. The van der Waals surface area contributed by atoms with E-state index in [2.05, 4.69) is 40.3 Å². The molecule has 0 saturated carbocycles. The Morgan fingerprint density at radius 3 is 2.55 bits per heavy atom. The lowest BCUT2D eigenvalue weighted by Crippen LogP contribution is -2.12. The Balaban J connectivity index is 1.84. The maximum atomic E-state index is 5.72. The van der Waals surface area contributed by atoms with E-state index in [1.54, 1.807) is 7.11 Å². The van der Waals surface area contributed by atoms with Crippen molar-refractivity contribution < 1.29 is 9.47 Å². The molecule has 0 heterocycles. The van der Waals surface area contributed by atoms with Crippen molar-refractivity contribution >= 4 is 21.6 Å². The Bertz CT molecular complexity index is 572. The summed E-state index contributed by atoms with van der Waals surface area (Å²) in [5, 5.41) is 3.36. The molecule has 0 aliphatic rings. The summed E-state index contributed by atoms with van der Waals surface area (Å²) in [6.07, 6.45) is 0. The molecule has 0 aromatic heterocycles. The van der Waals surface area contributed by atoms with Crippen molar-refractivity contribution in [3.05, 3.63) is 52.5 Å². The molecule has 3 nitrogen and oxygen atoms in total. The standard InChI is InChI=1S/C16H18BrNO2/c1-12-11-13(17)7-8-14(12)18-9-10-20-16-6-4-3-5-15(16)19-2/h3-8,11,18H,9-10H2,1-2H3. The Labute approximate surface area is 128 Å². The van der Waals surface area contributed by atoms with E-state index >= 15 is 0 Å². The van der Waals surface area contributed by atoms with Gasteiger partial charge in [-0.05, 0) is 42.8 Å². The van der Waals surface area contributed by atoms with Gasteiger partial charge in [-0.25, -0.2) is 0 Å². The quantitative estimate of drug-likeness (QED) is 0.800. The molecule has 4 heteroatoms. The van der Waals surface area contributed by atoms with Gasteiger partial charge in [-0.2, -0.15) is 0 Å². The topological polar surface area (TPSA) is 30.5 Å². The van der Waals surface area contributed by atoms with Crippen LogP contribution in [-0.2, 0) is 0 Å². The molecule has 0 amide bonds. The largest absolute Gasteiger partial charge is 0.493 e. The molecular formula is C16H18BrNO2. The first-order valence-corrected chi connectivity index (χ1v) is 7.26. The summed E-state index contributed by atoms with van der Waals surface area (Å²) in [6.45, 7) is 3.39. The third kappa shape index (κ3) is 3.90. The second kappa shape index (κ2) is 7.20.